The zero-order valence-electron chi connectivity index (χ0n) is 52.7. The highest BCUT2D eigenvalue weighted by Gasteiger charge is 2.33. The van der Waals surface area contributed by atoms with Crippen LogP contribution in [0.5, 0.6) is 0 Å². The molecule has 30 heteroatoms. The van der Waals surface area contributed by atoms with Crippen molar-refractivity contribution in [2.24, 2.45) is 0 Å². The second kappa shape index (κ2) is 27.9. The third kappa shape index (κ3) is 14.8. The number of fused-ring (bicyclic) bond motifs is 3. The summed E-state index contributed by atoms with van der Waals surface area (Å²) in [4.78, 5) is 61.5. The summed E-state index contributed by atoms with van der Waals surface area (Å²) < 4.78 is 89.3. The van der Waals surface area contributed by atoms with Crippen LogP contribution in [-0.4, -0.2) is 77.3 Å². The van der Waals surface area contributed by atoms with Gasteiger partial charge >= 0.3 is 24.3 Å². The summed E-state index contributed by atoms with van der Waals surface area (Å²) in [5, 5.41) is 30.3. The minimum atomic E-state index is -4.57. The van der Waals surface area contributed by atoms with E-state index in [1.165, 1.54) is 68.4 Å². The summed E-state index contributed by atoms with van der Waals surface area (Å²) in [6, 6.07) is 30.7. The summed E-state index contributed by atoms with van der Waals surface area (Å²) in [7, 11) is 0. The lowest BCUT2D eigenvalue weighted by Crippen LogP contribution is -2.20. The summed E-state index contributed by atoms with van der Waals surface area (Å²) in [5.74, 6) is -1.23. The number of nitrogens with one attached hydrogen (secondary N) is 6. The number of nitrogens with two attached hydrogens (primary N) is 3. The Hall–Kier alpha value is -12.2. The number of hydrogen-bond donors (Lipinski definition) is 9. The van der Waals surface area contributed by atoms with Crippen molar-refractivity contribution in [2.45, 2.75) is 79.7 Å². The highest BCUT2D eigenvalue weighted by molar-refractivity contribution is 6.04. The number of para-hydroxylation sites is 1. The summed E-state index contributed by atoms with van der Waals surface area (Å²) >= 11 is 0. The second-order valence-electron chi connectivity index (χ2n) is 22.6. The van der Waals surface area contributed by atoms with Crippen LogP contribution in [0, 0.1) is 31.3 Å². The monoisotopic (exact) mass is 1310 g/mol. The number of alkyl halides is 3. The molecule has 0 radical (unpaired) electrons. The summed E-state index contributed by atoms with van der Waals surface area (Å²) in [6.45, 7) is 14.9. The highest BCUT2D eigenvalue weighted by Crippen LogP contribution is 2.38. The van der Waals surface area contributed by atoms with Crippen LogP contribution in [-0.2, 0) is 6.18 Å². The van der Waals surface area contributed by atoms with Gasteiger partial charge in [-0.1, -0.05) is 42.5 Å². The van der Waals surface area contributed by atoms with Gasteiger partial charge in [0, 0.05) is 63.3 Å². The number of rotatable bonds is 12. The van der Waals surface area contributed by atoms with Crippen LogP contribution in [0.3, 0.4) is 0 Å². The number of carbonyl (C=O) groups is 3. The maximum atomic E-state index is 15.0. The van der Waals surface area contributed by atoms with E-state index in [-0.39, 0.29) is 63.6 Å². The quantitative estimate of drug-likeness (QED) is 0.0513. The lowest BCUT2D eigenvalue weighted by Gasteiger charge is -2.13. The van der Waals surface area contributed by atoms with Crippen molar-refractivity contribution in [2.75, 3.05) is 49.1 Å². The summed E-state index contributed by atoms with van der Waals surface area (Å²) in [5.41, 5.74) is 23.4. The number of benzene rings is 6. The molecule has 6 amide bonds. The highest BCUT2D eigenvalue weighted by atomic mass is 19.4. The molecule has 0 atom stereocenters. The fourth-order valence-electron chi connectivity index (χ4n) is 10.1. The number of aryl methyl sites for hydroxylation is 2. The molecule has 0 saturated heterocycles. The Morgan fingerprint density at radius 3 is 1.27 bits per heavy atom. The van der Waals surface area contributed by atoms with Crippen molar-refractivity contribution in [1.29, 1.82) is 0 Å². The molecule has 12 N–H and O–H groups in total. The SMILES string of the molecule is CC(C)n1nc(-c2ccc(NC(=O)Nc3ccccc3)cc2F)c2c(N)ncnc21.Cc1ccc(NC(=O)Nc2ccc(-c3nn(C(C)C)c4ncnc(N)c34)cc2F)cc1C(F)(F)F.Cc1cccc(NC(=O)Nc2ccc(-c3nn(C(C)C)c4ncnc(N)c34)c(F)c2)c1. The van der Waals surface area contributed by atoms with Crippen molar-refractivity contribution in [3.05, 3.63) is 181 Å². The number of nitrogen functional groups attached to an aromatic ring is 3. The molecule has 12 rings (SSSR count). The first-order chi connectivity index (χ1) is 45.7. The molecule has 0 aliphatic heterocycles. The predicted octanol–water partition coefficient (Wildman–Crippen LogP) is 15.0. The van der Waals surface area contributed by atoms with Gasteiger partial charge in [0.15, 0.2) is 16.9 Å². The molecule has 492 valence electrons. The van der Waals surface area contributed by atoms with Crippen LogP contribution in [0.2, 0.25) is 0 Å². The van der Waals surface area contributed by atoms with E-state index in [1.807, 2.05) is 72.7 Å². The van der Waals surface area contributed by atoms with Gasteiger partial charge < -0.3 is 49.1 Å². The molecule has 24 nitrogen and oxygen atoms in total. The fraction of sp³-hybridized carbons (Fsp3) is 0.182. The van der Waals surface area contributed by atoms with E-state index in [4.69, 9.17) is 17.2 Å². The Bertz CT molecular complexity index is 4900. The van der Waals surface area contributed by atoms with Crippen LogP contribution < -0.4 is 49.1 Å². The van der Waals surface area contributed by atoms with Crippen molar-refractivity contribution >= 4 is 103 Å². The zero-order chi connectivity index (χ0) is 68.9. The van der Waals surface area contributed by atoms with E-state index in [0.29, 0.717) is 78.5 Å². The third-order valence-electron chi connectivity index (χ3n) is 14.6. The minimum Gasteiger partial charge on any atom is -0.383 e. The van der Waals surface area contributed by atoms with Gasteiger partial charge in [-0.15, -0.1) is 0 Å². The fourth-order valence-corrected chi connectivity index (χ4v) is 10.1. The van der Waals surface area contributed by atoms with Gasteiger partial charge in [-0.25, -0.2) is 71.5 Å². The van der Waals surface area contributed by atoms with E-state index >= 15 is 4.39 Å². The molecule has 12 aromatic rings. The van der Waals surface area contributed by atoms with Crippen LogP contribution in [0.25, 0.3) is 66.9 Å². The van der Waals surface area contributed by atoms with Crippen molar-refractivity contribution in [3.63, 3.8) is 0 Å². The Morgan fingerprint density at radius 1 is 0.427 bits per heavy atom. The number of amides is 6. The van der Waals surface area contributed by atoms with Gasteiger partial charge in [0.25, 0.3) is 0 Å². The lowest BCUT2D eigenvalue weighted by atomic mass is 10.1. The Labute approximate surface area is 543 Å². The first-order valence-corrected chi connectivity index (χ1v) is 29.6. The number of anilines is 9. The molecule has 0 spiro atoms. The molecule has 0 unspecified atom stereocenters. The molecule has 0 fully saturated rings. The van der Waals surface area contributed by atoms with Gasteiger partial charge in [0.1, 0.15) is 71.0 Å². The van der Waals surface area contributed by atoms with Crippen molar-refractivity contribution in [1.82, 2.24) is 59.2 Å². The first-order valence-electron chi connectivity index (χ1n) is 29.6. The molecule has 6 aromatic heterocycles. The average Bonchev–Trinajstić information content (AvgIpc) is 1.62. The molecule has 0 saturated carbocycles. The van der Waals surface area contributed by atoms with Gasteiger partial charge in [-0.3, -0.25) is 0 Å². The van der Waals surface area contributed by atoms with Crippen molar-refractivity contribution < 1.29 is 40.7 Å². The molecule has 96 heavy (non-hydrogen) atoms. The number of aromatic nitrogens is 12. The van der Waals surface area contributed by atoms with Gasteiger partial charge in [0.2, 0.25) is 0 Å². The van der Waals surface area contributed by atoms with E-state index in [2.05, 4.69) is 77.1 Å². The number of halogens is 6. The molecule has 0 aliphatic carbocycles. The first kappa shape index (κ1) is 66.7. The number of nitrogens with zero attached hydrogens (tertiary/aromatic N) is 12. The molecule has 0 aliphatic rings. The Balaban J connectivity index is 0.000000157. The zero-order valence-corrected chi connectivity index (χ0v) is 52.7. The molecule has 6 heterocycles. The smallest absolute Gasteiger partial charge is 0.383 e. The second-order valence-corrected chi connectivity index (χ2v) is 22.6. The van der Waals surface area contributed by atoms with Crippen LogP contribution >= 0.6 is 0 Å². The lowest BCUT2D eigenvalue weighted by molar-refractivity contribution is -0.138. The normalized spacial score (nSPS) is 11.3. The van der Waals surface area contributed by atoms with E-state index < -0.39 is 47.3 Å². The maximum absolute atomic E-state index is 15.0. The third-order valence-corrected chi connectivity index (χ3v) is 14.6. The summed E-state index contributed by atoms with van der Waals surface area (Å²) in [6.07, 6.45) is -0.532. The largest absolute Gasteiger partial charge is 0.416 e. The Morgan fingerprint density at radius 2 is 0.833 bits per heavy atom. The molecule has 6 aromatic carbocycles. The number of hydrogen-bond acceptors (Lipinski definition) is 15. The van der Waals surface area contributed by atoms with Gasteiger partial charge in [-0.2, -0.15) is 28.5 Å². The molecule has 0 bridgehead atoms. The van der Waals surface area contributed by atoms with Crippen LogP contribution in [0.15, 0.2) is 146 Å². The number of urea groups is 3. The van der Waals surface area contributed by atoms with Crippen LogP contribution in [0.1, 0.15) is 76.4 Å². The minimum absolute atomic E-state index is 0.000120. The van der Waals surface area contributed by atoms with Gasteiger partial charge in [0.05, 0.1) is 27.4 Å². The maximum Gasteiger partial charge on any atom is 0.416 e. The predicted molar refractivity (Wildman–Crippen MR) is 358 cm³/mol. The van der Waals surface area contributed by atoms with E-state index in [1.54, 1.807) is 68.6 Å². The molecular formula is C66H63F6N21O3. The number of carbonyl (C=O) groups excluding carboxylic acids is 3. The van der Waals surface area contributed by atoms with E-state index in [0.717, 1.165) is 11.6 Å². The molecular weight excluding hydrogens is 1250 g/mol. The average molecular weight is 1310 g/mol. The van der Waals surface area contributed by atoms with E-state index in [9.17, 15) is 36.3 Å². The van der Waals surface area contributed by atoms with Crippen LogP contribution in [0.4, 0.5) is 92.3 Å². The topological polar surface area (TPSA) is 332 Å². The Kier molecular flexibility index (Phi) is 19.4. The van der Waals surface area contributed by atoms with Crippen molar-refractivity contribution in [3.8, 4) is 33.8 Å². The standard InChI is InChI=1S/C23H21F4N7O.C22H22FN7O.C21H20FN7O/c1-11(2)34-21-18(20(28)29-10-30-21)19(33-34)13-5-7-17(16(24)8-13)32-22(35)31-14-6-4-12(3)15(9-14)23(25,26)27;1-12(2)30-21-18(20(24)25-11-26-21)19(29-30)16-8-7-15(10-17(16)23)28-22(31)27-14-6-4-5-13(3)9-14;1-12(2)29-20-17(19(23)24-11-25-20)18(28-29)15-9-8-14(10-16(15)22)27-21(30)26-13-6-4-3-5-7-13/h4-11H,1-3H3,(H2,28,29,30)(H2,31,32,35);4-12H,1-3H3,(H2,24,25,26)(H2,27,28,31);3-12H,1-2H3,(H2,23,24,25)(H2,26,27,30). The van der Waals surface area contributed by atoms with Gasteiger partial charge in [-0.05, 0) is 151 Å².